The first kappa shape index (κ1) is 10.7. The smallest absolute Gasteiger partial charge is 0.138 e. The molecule has 0 unspecified atom stereocenters. The van der Waals surface area contributed by atoms with Gasteiger partial charge in [-0.2, -0.15) is 0 Å². The molecule has 84 valence electrons. The van der Waals surface area contributed by atoms with Crippen molar-refractivity contribution in [1.29, 1.82) is 0 Å². The largest absolute Gasteiger partial charge is 0.381 e. The topological polar surface area (TPSA) is 38.1 Å². The highest BCUT2D eigenvalue weighted by Crippen LogP contribution is 2.17. The maximum atomic E-state index is 5.12. The molecule has 1 aromatic carbocycles. The summed E-state index contributed by atoms with van der Waals surface area (Å²) in [4.78, 5) is 0. The van der Waals surface area contributed by atoms with Crippen LogP contribution in [0.2, 0.25) is 0 Å². The summed E-state index contributed by atoms with van der Waals surface area (Å²) in [7, 11) is 0. The van der Waals surface area contributed by atoms with Gasteiger partial charge in [0.15, 0.2) is 0 Å². The molecule has 0 atom stereocenters. The molecule has 3 heteroatoms. The van der Waals surface area contributed by atoms with Crippen LogP contribution in [0.5, 0.6) is 0 Å². The van der Waals surface area contributed by atoms with Crippen LogP contribution in [0, 0.1) is 20.8 Å². The molecule has 1 heterocycles. The summed E-state index contributed by atoms with van der Waals surface area (Å²) in [6.45, 7) is 6.75. The molecule has 0 saturated carbocycles. The minimum atomic E-state index is 0.756. The van der Waals surface area contributed by atoms with Crippen molar-refractivity contribution in [1.82, 2.24) is 5.16 Å². The molecule has 0 amide bonds. The number of benzene rings is 1. The minimum absolute atomic E-state index is 0.756. The zero-order chi connectivity index (χ0) is 11.5. The fraction of sp³-hybridized carbons (Fsp3) is 0.308. The Balaban J connectivity index is 2.11. The maximum Gasteiger partial charge on any atom is 0.138 e. The number of anilines is 1. The van der Waals surface area contributed by atoms with Crippen molar-refractivity contribution < 1.29 is 4.52 Å². The predicted octanol–water partition coefficient (Wildman–Crippen LogP) is 3.21. The van der Waals surface area contributed by atoms with Crippen LogP contribution in [0.4, 0.5) is 5.69 Å². The molecule has 0 spiro atoms. The number of para-hydroxylation sites is 1. The molecule has 3 nitrogen and oxygen atoms in total. The van der Waals surface area contributed by atoms with Gasteiger partial charge >= 0.3 is 0 Å². The molecule has 1 aromatic heterocycles. The van der Waals surface area contributed by atoms with Crippen LogP contribution in [-0.4, -0.2) is 5.16 Å². The third kappa shape index (κ3) is 2.08. The van der Waals surface area contributed by atoms with Crippen LogP contribution in [0.1, 0.15) is 22.6 Å². The lowest BCUT2D eigenvalue weighted by molar-refractivity contribution is 0.392. The quantitative estimate of drug-likeness (QED) is 0.856. The second-order valence-electron chi connectivity index (χ2n) is 3.97. The summed E-state index contributed by atoms with van der Waals surface area (Å²) in [6.07, 6.45) is 0. The second-order valence-corrected chi connectivity index (χ2v) is 3.97. The third-order valence-electron chi connectivity index (χ3n) is 2.78. The van der Waals surface area contributed by atoms with Gasteiger partial charge in [0.2, 0.25) is 0 Å². The number of nitrogens with one attached hydrogen (secondary N) is 1. The lowest BCUT2D eigenvalue weighted by Crippen LogP contribution is -2.02. The summed E-state index contributed by atoms with van der Waals surface area (Å²) < 4.78 is 5.12. The van der Waals surface area contributed by atoms with Gasteiger partial charge < -0.3 is 9.84 Å². The summed E-state index contributed by atoms with van der Waals surface area (Å²) in [5.74, 6) is 0.888. The summed E-state index contributed by atoms with van der Waals surface area (Å²) in [5.41, 5.74) is 4.50. The molecule has 0 saturated heterocycles. The normalized spacial score (nSPS) is 10.4. The first-order chi connectivity index (χ1) is 7.68. The average molecular weight is 216 g/mol. The lowest BCUT2D eigenvalue weighted by atomic mass is 10.1. The number of aryl methyl sites for hydroxylation is 3. The molecular formula is C13H16N2O. The van der Waals surface area contributed by atoms with E-state index in [0.29, 0.717) is 0 Å². The van der Waals surface area contributed by atoms with Gasteiger partial charge in [0.05, 0.1) is 5.69 Å². The van der Waals surface area contributed by atoms with E-state index in [2.05, 4.69) is 29.5 Å². The molecule has 0 aliphatic carbocycles. The number of hydrogen-bond acceptors (Lipinski definition) is 3. The minimum Gasteiger partial charge on any atom is -0.381 e. The summed E-state index contributed by atoms with van der Waals surface area (Å²) in [5, 5.41) is 7.33. The Kier molecular flexibility index (Phi) is 2.95. The fourth-order valence-corrected chi connectivity index (χ4v) is 1.71. The van der Waals surface area contributed by atoms with Crippen LogP contribution in [0.15, 0.2) is 28.8 Å². The van der Waals surface area contributed by atoms with Gasteiger partial charge in [-0.1, -0.05) is 23.4 Å². The Morgan fingerprint density at radius 1 is 1.19 bits per heavy atom. The zero-order valence-corrected chi connectivity index (χ0v) is 9.87. The molecular weight excluding hydrogens is 200 g/mol. The van der Waals surface area contributed by atoms with Crippen LogP contribution in [-0.2, 0) is 6.54 Å². The highest BCUT2D eigenvalue weighted by atomic mass is 16.5. The van der Waals surface area contributed by atoms with Gasteiger partial charge in [0, 0.05) is 17.8 Å². The van der Waals surface area contributed by atoms with Gasteiger partial charge in [-0.25, -0.2) is 0 Å². The van der Waals surface area contributed by atoms with Crippen molar-refractivity contribution in [2.24, 2.45) is 0 Å². The van der Waals surface area contributed by atoms with Crippen molar-refractivity contribution >= 4 is 5.69 Å². The Labute approximate surface area is 95.5 Å². The standard InChI is InChI=1S/C13H16N2O/c1-9-6-4-5-7-13(9)14-8-12-10(2)15-16-11(12)3/h4-7,14H,8H2,1-3H3. The van der Waals surface area contributed by atoms with Gasteiger partial charge in [-0.05, 0) is 32.4 Å². The van der Waals surface area contributed by atoms with E-state index < -0.39 is 0 Å². The van der Waals surface area contributed by atoms with E-state index >= 15 is 0 Å². The van der Waals surface area contributed by atoms with Gasteiger partial charge in [-0.15, -0.1) is 0 Å². The van der Waals surface area contributed by atoms with Crippen LogP contribution in [0.3, 0.4) is 0 Å². The fourth-order valence-electron chi connectivity index (χ4n) is 1.71. The Morgan fingerprint density at radius 3 is 2.56 bits per heavy atom. The van der Waals surface area contributed by atoms with Crippen molar-refractivity contribution in [3.8, 4) is 0 Å². The van der Waals surface area contributed by atoms with Crippen LogP contribution < -0.4 is 5.32 Å². The van der Waals surface area contributed by atoms with E-state index in [1.807, 2.05) is 26.0 Å². The van der Waals surface area contributed by atoms with E-state index in [9.17, 15) is 0 Å². The molecule has 16 heavy (non-hydrogen) atoms. The molecule has 0 aliphatic rings. The van der Waals surface area contributed by atoms with Gasteiger partial charge in [0.25, 0.3) is 0 Å². The summed E-state index contributed by atoms with van der Waals surface area (Å²) in [6, 6.07) is 8.24. The van der Waals surface area contributed by atoms with Crippen LogP contribution >= 0.6 is 0 Å². The highest BCUT2D eigenvalue weighted by Gasteiger charge is 2.08. The lowest BCUT2D eigenvalue weighted by Gasteiger charge is -2.08. The Bertz CT molecular complexity index is 469. The van der Waals surface area contributed by atoms with E-state index in [1.54, 1.807) is 0 Å². The second kappa shape index (κ2) is 4.39. The monoisotopic (exact) mass is 216 g/mol. The number of nitrogens with zero attached hydrogens (tertiary/aromatic N) is 1. The van der Waals surface area contributed by atoms with E-state index in [0.717, 1.165) is 29.2 Å². The molecule has 0 bridgehead atoms. The first-order valence-electron chi connectivity index (χ1n) is 5.39. The van der Waals surface area contributed by atoms with Crippen molar-refractivity contribution in [3.05, 3.63) is 46.8 Å². The number of hydrogen-bond donors (Lipinski definition) is 1. The van der Waals surface area contributed by atoms with E-state index in [-0.39, 0.29) is 0 Å². The molecule has 0 fully saturated rings. The van der Waals surface area contributed by atoms with Crippen molar-refractivity contribution in [3.63, 3.8) is 0 Å². The number of rotatable bonds is 3. The molecule has 1 N–H and O–H groups in total. The predicted molar refractivity (Wildman–Crippen MR) is 64.5 cm³/mol. The maximum absolute atomic E-state index is 5.12. The zero-order valence-electron chi connectivity index (χ0n) is 9.87. The molecule has 2 aromatic rings. The van der Waals surface area contributed by atoms with E-state index in [1.165, 1.54) is 5.56 Å². The number of aromatic nitrogens is 1. The van der Waals surface area contributed by atoms with Crippen molar-refractivity contribution in [2.45, 2.75) is 27.3 Å². The molecule has 0 aliphatic heterocycles. The SMILES string of the molecule is Cc1ccccc1NCc1c(C)noc1C. The average Bonchev–Trinajstić information content (AvgIpc) is 2.58. The molecule has 0 radical (unpaired) electrons. The van der Waals surface area contributed by atoms with Crippen LogP contribution in [0.25, 0.3) is 0 Å². The summed E-state index contributed by atoms with van der Waals surface area (Å²) >= 11 is 0. The first-order valence-corrected chi connectivity index (χ1v) is 5.39. The van der Waals surface area contributed by atoms with Gasteiger partial charge in [0.1, 0.15) is 5.76 Å². The Morgan fingerprint density at radius 2 is 1.94 bits per heavy atom. The third-order valence-corrected chi connectivity index (χ3v) is 2.78. The molecule has 2 rings (SSSR count). The van der Waals surface area contributed by atoms with Gasteiger partial charge in [-0.3, -0.25) is 0 Å². The van der Waals surface area contributed by atoms with E-state index in [4.69, 9.17) is 4.52 Å². The van der Waals surface area contributed by atoms with Crippen molar-refractivity contribution in [2.75, 3.05) is 5.32 Å². The highest BCUT2D eigenvalue weighted by molar-refractivity contribution is 5.50. The Hall–Kier alpha value is -1.77.